The molecule has 0 aliphatic carbocycles. The maximum absolute atomic E-state index is 12.6. The molecule has 0 aromatic heterocycles. The number of carbonyl (C=O) groups excluding carboxylic acids is 4. The molecule has 1 saturated heterocycles. The van der Waals surface area contributed by atoms with Crippen LogP contribution in [0.4, 0.5) is 5.69 Å². The molecular weight excluding hydrogens is 442 g/mol. The molecule has 32 heavy (non-hydrogen) atoms. The van der Waals surface area contributed by atoms with Crippen molar-refractivity contribution in [3.63, 3.8) is 0 Å². The lowest BCUT2D eigenvalue weighted by atomic mass is 9.97. The van der Waals surface area contributed by atoms with Crippen molar-refractivity contribution < 1.29 is 37.1 Å². The number of rotatable bonds is 8. The molecule has 2 amide bonds. The topological polar surface area (TPSA) is 139 Å². The normalized spacial score (nSPS) is 14.7. The zero-order valence-corrected chi connectivity index (χ0v) is 19.0. The minimum atomic E-state index is -3.97. The molecule has 0 radical (unpaired) electrons. The first-order chi connectivity index (χ1) is 15.0. The van der Waals surface area contributed by atoms with Gasteiger partial charge in [0.1, 0.15) is 6.54 Å². The summed E-state index contributed by atoms with van der Waals surface area (Å²) in [5.41, 5.74) is 0.438. The van der Waals surface area contributed by atoms with Crippen LogP contribution in [0.2, 0.25) is 0 Å². The predicted octanol–water partition coefficient (Wildman–Crippen LogP) is 0.220. The van der Waals surface area contributed by atoms with Gasteiger partial charge in [-0.1, -0.05) is 0 Å². The van der Waals surface area contributed by atoms with E-state index in [9.17, 15) is 27.6 Å². The molecule has 1 N–H and O–H groups in total. The first kappa shape index (κ1) is 25.3. The van der Waals surface area contributed by atoms with Crippen molar-refractivity contribution in [1.29, 1.82) is 0 Å². The molecule has 12 heteroatoms. The average molecular weight is 470 g/mol. The minimum absolute atomic E-state index is 0.0635. The van der Waals surface area contributed by atoms with Crippen LogP contribution in [0.5, 0.6) is 0 Å². The van der Waals surface area contributed by atoms with Gasteiger partial charge in [-0.15, -0.1) is 0 Å². The fourth-order valence-electron chi connectivity index (χ4n) is 3.17. The number of likely N-dealkylation sites (tertiary alicyclic amines) is 1. The average Bonchev–Trinajstić information content (AvgIpc) is 2.76. The van der Waals surface area contributed by atoms with E-state index in [2.05, 4.69) is 5.32 Å². The molecule has 0 bridgehead atoms. The quantitative estimate of drug-likeness (QED) is 0.534. The lowest BCUT2D eigenvalue weighted by molar-refractivity contribution is -0.154. The van der Waals surface area contributed by atoms with Crippen LogP contribution in [0, 0.1) is 5.92 Å². The summed E-state index contributed by atoms with van der Waals surface area (Å²) in [6.07, 6.45) is 0.933. The van der Waals surface area contributed by atoms with E-state index in [1.807, 2.05) is 0 Å². The summed E-state index contributed by atoms with van der Waals surface area (Å²) in [6, 6.07) is 5.48. The number of esters is 2. The molecule has 0 spiro atoms. The van der Waals surface area contributed by atoms with E-state index < -0.39 is 35.1 Å². The van der Waals surface area contributed by atoms with Crippen LogP contribution in [-0.2, 0) is 38.7 Å². The van der Waals surface area contributed by atoms with Gasteiger partial charge in [-0.3, -0.25) is 19.2 Å². The Kier molecular flexibility index (Phi) is 8.72. The van der Waals surface area contributed by atoms with Crippen LogP contribution in [0.1, 0.15) is 19.8 Å². The Bertz CT molecular complexity index is 954. The molecule has 1 aliphatic rings. The molecule has 1 heterocycles. The van der Waals surface area contributed by atoms with Crippen molar-refractivity contribution >= 4 is 39.5 Å². The van der Waals surface area contributed by atoms with Crippen LogP contribution in [0.15, 0.2) is 29.2 Å². The summed E-state index contributed by atoms with van der Waals surface area (Å²) < 4.78 is 35.7. The molecule has 1 aromatic rings. The number of sulfonamides is 1. The molecule has 0 saturated carbocycles. The Balaban J connectivity index is 1.83. The number of anilines is 1. The zero-order valence-electron chi connectivity index (χ0n) is 18.2. The lowest BCUT2D eigenvalue weighted by Crippen LogP contribution is -2.43. The number of hydrogen-bond acceptors (Lipinski definition) is 8. The number of likely N-dealkylation sites (N-methyl/N-ethyl adjacent to an activating group) is 1. The monoisotopic (exact) mass is 469 g/mol. The summed E-state index contributed by atoms with van der Waals surface area (Å²) >= 11 is 0. The van der Waals surface area contributed by atoms with Crippen molar-refractivity contribution in [1.82, 2.24) is 9.21 Å². The van der Waals surface area contributed by atoms with E-state index in [0.29, 0.717) is 31.6 Å². The number of piperidine rings is 1. The third-order valence-corrected chi connectivity index (χ3v) is 6.79. The summed E-state index contributed by atoms with van der Waals surface area (Å²) in [7, 11) is -1.44. The highest BCUT2D eigenvalue weighted by molar-refractivity contribution is 7.89. The number of hydrogen-bond donors (Lipinski definition) is 1. The second kappa shape index (κ2) is 11.0. The maximum atomic E-state index is 12.6. The smallest absolute Gasteiger partial charge is 0.321 e. The highest BCUT2D eigenvalue weighted by atomic mass is 32.2. The summed E-state index contributed by atoms with van der Waals surface area (Å²) in [5.74, 6) is -2.14. The molecular formula is C20H27N3O8S. The number of nitrogens with one attached hydrogen (secondary N) is 1. The zero-order chi connectivity index (χ0) is 23.9. The number of methoxy groups -OCH3 is 1. The van der Waals surface area contributed by atoms with Gasteiger partial charge >= 0.3 is 11.9 Å². The fraction of sp³-hybridized carbons (Fsp3) is 0.500. The van der Waals surface area contributed by atoms with E-state index in [-0.39, 0.29) is 22.7 Å². The second-order valence-electron chi connectivity index (χ2n) is 7.31. The van der Waals surface area contributed by atoms with E-state index in [4.69, 9.17) is 9.47 Å². The summed E-state index contributed by atoms with van der Waals surface area (Å²) in [6.45, 7) is 0.936. The van der Waals surface area contributed by atoms with Crippen LogP contribution < -0.4 is 5.32 Å². The van der Waals surface area contributed by atoms with Gasteiger partial charge in [0.2, 0.25) is 15.9 Å². The Morgan fingerprint density at radius 1 is 1.12 bits per heavy atom. The highest BCUT2D eigenvalue weighted by Gasteiger charge is 2.29. The fourth-order valence-corrected chi connectivity index (χ4v) is 4.29. The van der Waals surface area contributed by atoms with Crippen molar-refractivity contribution in [2.45, 2.75) is 24.7 Å². The molecule has 1 aliphatic heterocycles. The highest BCUT2D eigenvalue weighted by Crippen LogP contribution is 2.19. The van der Waals surface area contributed by atoms with Crippen LogP contribution in [-0.4, -0.2) is 81.8 Å². The molecule has 176 valence electrons. The SMILES string of the molecule is COC(=O)C1CCN(C(=O)COC(=O)CN(C)S(=O)(=O)c2ccc(NC(C)=O)cc2)CC1. The minimum Gasteiger partial charge on any atom is -0.469 e. The molecule has 0 atom stereocenters. The van der Waals surface area contributed by atoms with E-state index >= 15 is 0 Å². The van der Waals surface area contributed by atoms with Crippen molar-refractivity contribution in [3.8, 4) is 0 Å². The van der Waals surface area contributed by atoms with E-state index in [0.717, 1.165) is 4.31 Å². The van der Waals surface area contributed by atoms with Crippen LogP contribution in [0.25, 0.3) is 0 Å². The van der Waals surface area contributed by atoms with Gasteiger partial charge in [0.25, 0.3) is 5.91 Å². The number of nitrogens with zero attached hydrogens (tertiary/aromatic N) is 2. The van der Waals surface area contributed by atoms with Gasteiger partial charge in [-0.2, -0.15) is 4.31 Å². The van der Waals surface area contributed by atoms with Gasteiger partial charge in [-0.05, 0) is 37.1 Å². The number of amides is 2. The van der Waals surface area contributed by atoms with Gasteiger partial charge in [0.15, 0.2) is 6.61 Å². The number of carbonyl (C=O) groups is 4. The third kappa shape index (κ3) is 6.76. The van der Waals surface area contributed by atoms with Gasteiger partial charge in [-0.25, -0.2) is 8.42 Å². The standard InChI is InChI=1S/C20H27N3O8S/c1-14(24)21-16-4-6-17(7-5-16)32(28,29)22(2)12-19(26)31-13-18(25)23-10-8-15(9-11-23)20(27)30-3/h4-7,15H,8-13H2,1-3H3,(H,21,24). The van der Waals surface area contributed by atoms with Crippen molar-refractivity contribution in [3.05, 3.63) is 24.3 Å². The van der Waals surface area contributed by atoms with Gasteiger partial charge in [0.05, 0.1) is 17.9 Å². The Hall–Kier alpha value is -2.99. The first-order valence-corrected chi connectivity index (χ1v) is 11.3. The third-order valence-electron chi connectivity index (χ3n) is 4.97. The molecule has 0 unspecified atom stereocenters. The van der Waals surface area contributed by atoms with Crippen molar-refractivity contribution in [2.24, 2.45) is 5.92 Å². The number of benzene rings is 1. The van der Waals surface area contributed by atoms with Crippen LogP contribution >= 0.6 is 0 Å². The Labute approximate surface area is 186 Å². The summed E-state index contributed by atoms with van der Waals surface area (Å²) in [4.78, 5) is 48.3. The molecule has 11 nitrogen and oxygen atoms in total. The van der Waals surface area contributed by atoms with Crippen LogP contribution in [0.3, 0.4) is 0 Å². The summed E-state index contributed by atoms with van der Waals surface area (Å²) in [5, 5.41) is 2.53. The van der Waals surface area contributed by atoms with Crippen molar-refractivity contribution in [2.75, 3.05) is 45.7 Å². The second-order valence-corrected chi connectivity index (χ2v) is 9.35. The van der Waals surface area contributed by atoms with Gasteiger partial charge < -0.3 is 19.7 Å². The largest absolute Gasteiger partial charge is 0.469 e. The van der Waals surface area contributed by atoms with E-state index in [1.165, 1.54) is 50.2 Å². The molecule has 2 rings (SSSR count). The predicted molar refractivity (Wildman–Crippen MR) is 113 cm³/mol. The number of ether oxygens (including phenoxy) is 2. The molecule has 1 aromatic carbocycles. The Morgan fingerprint density at radius 3 is 2.25 bits per heavy atom. The lowest BCUT2D eigenvalue weighted by Gasteiger charge is -2.30. The Morgan fingerprint density at radius 2 is 1.72 bits per heavy atom. The maximum Gasteiger partial charge on any atom is 0.321 e. The molecule has 1 fully saturated rings. The van der Waals surface area contributed by atoms with Gasteiger partial charge in [0, 0.05) is 32.7 Å². The first-order valence-electron chi connectivity index (χ1n) is 9.89. The van der Waals surface area contributed by atoms with E-state index in [1.54, 1.807) is 0 Å².